The lowest BCUT2D eigenvalue weighted by Gasteiger charge is -2.57. The molecule has 1 saturated heterocycles. The van der Waals surface area contributed by atoms with E-state index in [1.165, 1.54) is 0 Å². The van der Waals surface area contributed by atoms with E-state index in [0.717, 1.165) is 63.1 Å². The number of hydrogen-bond acceptors (Lipinski definition) is 6. The third-order valence-electron chi connectivity index (χ3n) is 7.46. The number of likely N-dealkylation sites (N-methyl/N-ethyl adjacent to an activating group) is 1. The summed E-state index contributed by atoms with van der Waals surface area (Å²) in [5.41, 5.74) is 2.95. The van der Waals surface area contributed by atoms with E-state index in [4.69, 9.17) is 9.47 Å². The molecular weight excluding hydrogens is 428 g/mol. The van der Waals surface area contributed by atoms with Gasteiger partial charge in [0.05, 0.1) is 11.7 Å². The van der Waals surface area contributed by atoms with Crippen LogP contribution < -0.4 is 15.0 Å². The standard InChI is InChI=1S/C27H32N4O3/c1-30-9-11-31(12-10-30)23-8-7-21(18-28)25(13-23)34-24-16-27(17-24)14-22(15-27)29-26(32)33-19-20-5-3-2-4-6-20/h2-8,13,22,24H,9-12,14-17,19H2,1H3,(H,29,32). The minimum atomic E-state index is -0.352. The van der Waals surface area contributed by atoms with Crippen molar-refractivity contribution in [2.24, 2.45) is 5.41 Å². The summed E-state index contributed by atoms with van der Waals surface area (Å²) >= 11 is 0. The van der Waals surface area contributed by atoms with E-state index in [9.17, 15) is 10.1 Å². The number of carbonyl (C=O) groups excluding carboxylic acids is 1. The maximum Gasteiger partial charge on any atom is 0.407 e. The molecule has 2 aromatic rings. The van der Waals surface area contributed by atoms with Gasteiger partial charge >= 0.3 is 6.09 Å². The third-order valence-corrected chi connectivity index (χ3v) is 7.46. The smallest absolute Gasteiger partial charge is 0.407 e. The number of rotatable bonds is 6. The summed E-state index contributed by atoms with van der Waals surface area (Å²) in [5, 5.41) is 12.5. The minimum Gasteiger partial charge on any atom is -0.489 e. The highest BCUT2D eigenvalue weighted by atomic mass is 16.5. The number of amides is 1. The molecule has 1 amide bonds. The molecule has 0 aromatic heterocycles. The zero-order chi connectivity index (χ0) is 23.5. The molecule has 3 aliphatic rings. The molecule has 0 radical (unpaired) electrons. The van der Waals surface area contributed by atoms with E-state index in [1.807, 2.05) is 48.5 Å². The van der Waals surface area contributed by atoms with Gasteiger partial charge in [-0.3, -0.25) is 0 Å². The number of anilines is 1. The van der Waals surface area contributed by atoms with E-state index in [0.29, 0.717) is 11.3 Å². The predicted molar refractivity (Wildman–Crippen MR) is 130 cm³/mol. The number of nitrogens with zero attached hydrogens (tertiary/aromatic N) is 3. The van der Waals surface area contributed by atoms with Crippen LogP contribution in [0.1, 0.15) is 36.8 Å². The molecule has 1 aliphatic heterocycles. The fraction of sp³-hybridized carbons (Fsp3) is 0.481. The zero-order valence-electron chi connectivity index (χ0n) is 19.7. The highest BCUT2D eigenvalue weighted by molar-refractivity contribution is 5.67. The highest BCUT2D eigenvalue weighted by Crippen LogP contribution is 2.57. The van der Waals surface area contributed by atoms with Crippen LogP contribution in [-0.2, 0) is 11.3 Å². The number of nitrogens with one attached hydrogen (secondary N) is 1. The Morgan fingerprint density at radius 1 is 1.09 bits per heavy atom. The van der Waals surface area contributed by atoms with Crippen molar-refractivity contribution in [1.29, 1.82) is 5.26 Å². The fourth-order valence-electron chi connectivity index (χ4n) is 5.48. The SMILES string of the molecule is CN1CCN(c2ccc(C#N)c(OC3CC4(CC(NC(=O)OCc5ccccc5)C4)C3)c2)CC1. The van der Waals surface area contributed by atoms with Crippen LogP contribution in [0.15, 0.2) is 48.5 Å². The van der Waals surface area contributed by atoms with Gasteiger partial charge in [-0.15, -0.1) is 0 Å². The van der Waals surface area contributed by atoms with Crippen LogP contribution in [0.25, 0.3) is 0 Å². The van der Waals surface area contributed by atoms with Crippen LogP contribution in [0.4, 0.5) is 10.5 Å². The summed E-state index contributed by atoms with van der Waals surface area (Å²) in [6.07, 6.45) is 3.62. The maximum absolute atomic E-state index is 12.1. The van der Waals surface area contributed by atoms with Crippen molar-refractivity contribution in [1.82, 2.24) is 10.2 Å². The van der Waals surface area contributed by atoms with Gasteiger partial charge in [0.15, 0.2) is 0 Å². The Morgan fingerprint density at radius 2 is 1.82 bits per heavy atom. The molecule has 34 heavy (non-hydrogen) atoms. The zero-order valence-corrected chi connectivity index (χ0v) is 19.7. The average molecular weight is 461 g/mol. The molecule has 2 aromatic carbocycles. The van der Waals surface area contributed by atoms with Gasteiger partial charge in [-0.2, -0.15) is 5.26 Å². The normalized spacial score (nSPS) is 26.2. The first-order valence-electron chi connectivity index (χ1n) is 12.1. The van der Waals surface area contributed by atoms with E-state index in [1.54, 1.807) is 0 Å². The van der Waals surface area contributed by atoms with Crippen molar-refractivity contribution in [2.75, 3.05) is 38.1 Å². The Kier molecular flexibility index (Phi) is 6.34. The molecule has 0 unspecified atom stereocenters. The summed E-state index contributed by atoms with van der Waals surface area (Å²) in [6, 6.07) is 18.1. The Labute approximate surface area is 201 Å². The molecule has 5 rings (SSSR count). The van der Waals surface area contributed by atoms with Crippen LogP contribution in [0.3, 0.4) is 0 Å². The fourth-order valence-corrected chi connectivity index (χ4v) is 5.48. The Hall–Kier alpha value is -3.24. The molecule has 1 N–H and O–H groups in total. The monoisotopic (exact) mass is 460 g/mol. The number of carbonyl (C=O) groups is 1. The van der Waals surface area contributed by atoms with Crippen LogP contribution in [0.2, 0.25) is 0 Å². The molecule has 2 aliphatic carbocycles. The molecule has 1 spiro atoms. The van der Waals surface area contributed by atoms with Crippen LogP contribution in [0, 0.1) is 16.7 Å². The highest BCUT2D eigenvalue weighted by Gasteiger charge is 2.54. The lowest BCUT2D eigenvalue weighted by atomic mass is 9.53. The van der Waals surface area contributed by atoms with E-state index >= 15 is 0 Å². The molecule has 178 valence electrons. The van der Waals surface area contributed by atoms with E-state index in [2.05, 4.69) is 28.2 Å². The Balaban J connectivity index is 1.08. The second kappa shape index (κ2) is 9.55. The molecule has 7 heteroatoms. The van der Waals surface area contributed by atoms with Crippen molar-refractivity contribution in [3.63, 3.8) is 0 Å². The van der Waals surface area contributed by atoms with E-state index in [-0.39, 0.29) is 30.3 Å². The summed E-state index contributed by atoms with van der Waals surface area (Å²) in [5.74, 6) is 0.692. The summed E-state index contributed by atoms with van der Waals surface area (Å²) in [6.45, 7) is 4.33. The molecule has 0 bridgehead atoms. The molecule has 0 atom stereocenters. The Morgan fingerprint density at radius 3 is 2.53 bits per heavy atom. The van der Waals surface area contributed by atoms with Gasteiger partial charge < -0.3 is 24.6 Å². The number of ether oxygens (including phenoxy) is 2. The second-order valence-corrected chi connectivity index (χ2v) is 10.0. The number of hydrogen-bond donors (Lipinski definition) is 1. The number of alkyl carbamates (subject to hydrolysis) is 1. The molecular formula is C27H32N4O3. The van der Waals surface area contributed by atoms with Gasteiger partial charge in [0.25, 0.3) is 0 Å². The topological polar surface area (TPSA) is 77.8 Å². The first kappa shape index (κ1) is 22.5. The maximum atomic E-state index is 12.1. The first-order valence-corrected chi connectivity index (χ1v) is 12.1. The third kappa shape index (κ3) is 4.97. The summed E-state index contributed by atoms with van der Waals surface area (Å²) < 4.78 is 11.6. The largest absolute Gasteiger partial charge is 0.489 e. The number of benzene rings is 2. The quantitative estimate of drug-likeness (QED) is 0.704. The molecule has 1 heterocycles. The van der Waals surface area contributed by atoms with Crippen LogP contribution >= 0.6 is 0 Å². The van der Waals surface area contributed by atoms with Gasteiger partial charge in [-0.05, 0) is 55.8 Å². The van der Waals surface area contributed by atoms with Crippen molar-refractivity contribution in [3.05, 3.63) is 59.7 Å². The molecule has 7 nitrogen and oxygen atoms in total. The van der Waals surface area contributed by atoms with Crippen molar-refractivity contribution < 1.29 is 14.3 Å². The van der Waals surface area contributed by atoms with Crippen LogP contribution in [0.5, 0.6) is 5.75 Å². The van der Waals surface area contributed by atoms with Gasteiger partial charge in [-0.25, -0.2) is 4.79 Å². The molecule has 2 saturated carbocycles. The van der Waals surface area contributed by atoms with Crippen LogP contribution in [-0.4, -0.2) is 56.4 Å². The molecule has 3 fully saturated rings. The van der Waals surface area contributed by atoms with Crippen molar-refractivity contribution in [3.8, 4) is 11.8 Å². The second-order valence-electron chi connectivity index (χ2n) is 10.0. The summed E-state index contributed by atoms with van der Waals surface area (Å²) in [4.78, 5) is 16.8. The van der Waals surface area contributed by atoms with Crippen molar-refractivity contribution in [2.45, 2.75) is 44.4 Å². The van der Waals surface area contributed by atoms with Crippen molar-refractivity contribution >= 4 is 11.8 Å². The average Bonchev–Trinajstić information content (AvgIpc) is 2.81. The number of piperazine rings is 1. The number of nitriles is 1. The van der Waals surface area contributed by atoms with Gasteiger partial charge in [-0.1, -0.05) is 30.3 Å². The lowest BCUT2D eigenvalue weighted by molar-refractivity contribution is -0.0843. The van der Waals surface area contributed by atoms with Gasteiger partial charge in [0, 0.05) is 44.0 Å². The van der Waals surface area contributed by atoms with Gasteiger partial charge in [0.1, 0.15) is 18.4 Å². The summed E-state index contributed by atoms with van der Waals surface area (Å²) in [7, 11) is 2.14. The lowest BCUT2D eigenvalue weighted by Crippen LogP contribution is -2.58. The van der Waals surface area contributed by atoms with Gasteiger partial charge in [0.2, 0.25) is 0 Å². The first-order chi connectivity index (χ1) is 16.5. The Bertz CT molecular complexity index is 1050. The van der Waals surface area contributed by atoms with E-state index < -0.39 is 0 Å². The minimum absolute atomic E-state index is 0.126. The predicted octanol–water partition coefficient (Wildman–Crippen LogP) is 3.93.